The number of amides is 1. The number of nitrogens with one attached hydrogen (secondary N) is 1. The van der Waals surface area contributed by atoms with Crippen molar-refractivity contribution in [2.75, 3.05) is 25.3 Å². The molecule has 148 valence electrons. The third kappa shape index (κ3) is 5.20. The molecule has 1 amide bonds. The maximum atomic E-state index is 12.0. The summed E-state index contributed by atoms with van der Waals surface area (Å²) in [5.74, 6) is 1.67. The third-order valence-corrected chi connectivity index (χ3v) is 5.40. The number of nitrogens with zero attached hydrogens (tertiary/aromatic N) is 4. The van der Waals surface area contributed by atoms with Gasteiger partial charge in [-0.15, -0.1) is 20.4 Å². The highest BCUT2D eigenvalue weighted by Crippen LogP contribution is 2.28. The van der Waals surface area contributed by atoms with E-state index in [9.17, 15) is 4.79 Å². The molecule has 0 radical (unpaired) electrons. The fourth-order valence-electron chi connectivity index (χ4n) is 2.26. The zero-order valence-corrected chi connectivity index (χ0v) is 17.2. The molecule has 11 heteroatoms. The summed E-state index contributed by atoms with van der Waals surface area (Å²) in [5.41, 5.74) is 0.943. The van der Waals surface area contributed by atoms with Gasteiger partial charge in [0.1, 0.15) is 5.01 Å². The van der Waals surface area contributed by atoms with E-state index in [1.54, 1.807) is 14.2 Å². The van der Waals surface area contributed by atoms with Crippen LogP contribution in [0.15, 0.2) is 27.8 Å². The lowest BCUT2D eigenvalue weighted by atomic mass is 10.1. The molecule has 0 aliphatic heterocycles. The average molecular weight is 422 g/mol. The lowest BCUT2D eigenvalue weighted by molar-refractivity contribution is -0.113. The third-order valence-electron chi connectivity index (χ3n) is 3.59. The van der Waals surface area contributed by atoms with Crippen molar-refractivity contribution in [3.05, 3.63) is 34.7 Å². The van der Waals surface area contributed by atoms with Gasteiger partial charge < -0.3 is 13.9 Å². The van der Waals surface area contributed by atoms with Crippen LogP contribution in [0.3, 0.4) is 0 Å². The monoisotopic (exact) mass is 421 g/mol. The summed E-state index contributed by atoms with van der Waals surface area (Å²) in [4.78, 5) is 12.0. The molecule has 3 rings (SSSR count). The van der Waals surface area contributed by atoms with Crippen molar-refractivity contribution < 1.29 is 18.7 Å². The van der Waals surface area contributed by atoms with Crippen LogP contribution in [-0.2, 0) is 17.6 Å². The highest BCUT2D eigenvalue weighted by molar-refractivity contribution is 7.99. The fourth-order valence-corrected chi connectivity index (χ4v) is 3.54. The minimum atomic E-state index is -0.205. The van der Waals surface area contributed by atoms with Gasteiger partial charge in [-0.3, -0.25) is 10.1 Å². The lowest BCUT2D eigenvalue weighted by Gasteiger charge is -2.08. The van der Waals surface area contributed by atoms with Crippen molar-refractivity contribution >= 4 is 34.1 Å². The molecule has 0 saturated carbocycles. The normalized spacial score (nSPS) is 10.7. The fraction of sp³-hybridized carbons (Fsp3) is 0.353. The second-order valence-corrected chi connectivity index (χ2v) is 7.51. The number of hydrogen-bond donors (Lipinski definition) is 1. The van der Waals surface area contributed by atoms with Crippen molar-refractivity contribution in [3.8, 4) is 11.5 Å². The zero-order valence-electron chi connectivity index (χ0n) is 15.6. The predicted molar refractivity (Wildman–Crippen MR) is 105 cm³/mol. The van der Waals surface area contributed by atoms with Crippen LogP contribution >= 0.6 is 23.1 Å². The molecule has 0 atom stereocenters. The molecule has 0 fully saturated rings. The highest BCUT2D eigenvalue weighted by atomic mass is 32.2. The van der Waals surface area contributed by atoms with Crippen LogP contribution in [0.25, 0.3) is 0 Å². The van der Waals surface area contributed by atoms with Gasteiger partial charge in [0.2, 0.25) is 16.9 Å². The van der Waals surface area contributed by atoms with Gasteiger partial charge in [-0.2, -0.15) is 0 Å². The Labute approximate surface area is 169 Å². The van der Waals surface area contributed by atoms with E-state index in [1.165, 1.54) is 11.3 Å². The Morgan fingerprint density at radius 1 is 1.18 bits per heavy atom. The second-order valence-electron chi connectivity index (χ2n) is 5.52. The van der Waals surface area contributed by atoms with Gasteiger partial charge in [0.05, 0.1) is 26.4 Å². The van der Waals surface area contributed by atoms with Crippen LogP contribution in [-0.4, -0.2) is 46.3 Å². The molecule has 3 aromatic rings. The first-order chi connectivity index (χ1) is 13.6. The summed E-state index contributed by atoms with van der Waals surface area (Å²) < 4.78 is 16.1. The molecule has 2 aromatic heterocycles. The van der Waals surface area contributed by atoms with E-state index in [0.717, 1.165) is 28.8 Å². The maximum Gasteiger partial charge on any atom is 0.277 e. The summed E-state index contributed by atoms with van der Waals surface area (Å²) in [6.07, 6.45) is 1.23. The van der Waals surface area contributed by atoms with E-state index >= 15 is 0 Å². The van der Waals surface area contributed by atoms with E-state index in [2.05, 4.69) is 25.7 Å². The van der Waals surface area contributed by atoms with E-state index < -0.39 is 0 Å². The van der Waals surface area contributed by atoms with Gasteiger partial charge in [0, 0.05) is 0 Å². The van der Waals surface area contributed by atoms with Crippen molar-refractivity contribution in [2.24, 2.45) is 0 Å². The number of aromatic nitrogens is 4. The Bertz CT molecular complexity index is 943. The molecule has 0 bridgehead atoms. The van der Waals surface area contributed by atoms with Crippen molar-refractivity contribution in [1.29, 1.82) is 0 Å². The van der Waals surface area contributed by atoms with E-state index in [0.29, 0.717) is 34.2 Å². The summed E-state index contributed by atoms with van der Waals surface area (Å²) in [7, 11) is 3.17. The molecule has 0 aliphatic rings. The van der Waals surface area contributed by atoms with Crippen LogP contribution in [0.1, 0.15) is 23.4 Å². The first-order valence-electron chi connectivity index (χ1n) is 8.39. The van der Waals surface area contributed by atoms with Crippen LogP contribution < -0.4 is 14.8 Å². The van der Waals surface area contributed by atoms with Gasteiger partial charge >= 0.3 is 0 Å². The van der Waals surface area contributed by atoms with Crippen LogP contribution in [0.4, 0.5) is 5.13 Å². The lowest BCUT2D eigenvalue weighted by Crippen LogP contribution is -2.13. The molecule has 0 unspecified atom stereocenters. The molecule has 1 N–H and O–H groups in total. The van der Waals surface area contributed by atoms with E-state index in [1.807, 2.05) is 25.1 Å². The topological polar surface area (TPSA) is 112 Å². The Kier molecular flexibility index (Phi) is 6.82. The Morgan fingerprint density at radius 2 is 2.00 bits per heavy atom. The maximum absolute atomic E-state index is 12.0. The average Bonchev–Trinajstić information content (AvgIpc) is 3.35. The molecule has 28 heavy (non-hydrogen) atoms. The Hall–Kier alpha value is -2.66. The number of carbonyl (C=O) groups is 1. The van der Waals surface area contributed by atoms with E-state index in [-0.39, 0.29) is 11.7 Å². The number of methoxy groups -OCH3 is 2. The molecule has 2 heterocycles. The number of carbonyl (C=O) groups excluding carboxylic acids is 1. The SMILES string of the molecule is CCc1nnc(NC(=O)CSc2nnc(Cc3ccc(OC)c(OC)c3)o2)s1. The van der Waals surface area contributed by atoms with Gasteiger partial charge in [0.15, 0.2) is 11.5 Å². The number of hydrogen-bond acceptors (Lipinski definition) is 10. The number of rotatable bonds is 9. The van der Waals surface area contributed by atoms with Gasteiger partial charge in [-0.25, -0.2) is 0 Å². The number of benzene rings is 1. The molecule has 0 aliphatic carbocycles. The Morgan fingerprint density at radius 3 is 2.71 bits per heavy atom. The number of ether oxygens (including phenoxy) is 2. The minimum Gasteiger partial charge on any atom is -0.493 e. The number of thioether (sulfide) groups is 1. The van der Waals surface area contributed by atoms with E-state index in [4.69, 9.17) is 13.9 Å². The largest absolute Gasteiger partial charge is 0.493 e. The van der Waals surface area contributed by atoms with Gasteiger partial charge in [-0.05, 0) is 24.1 Å². The highest BCUT2D eigenvalue weighted by Gasteiger charge is 2.13. The first kappa shape index (κ1) is 20.1. The zero-order chi connectivity index (χ0) is 19.9. The van der Waals surface area contributed by atoms with Gasteiger partial charge in [0.25, 0.3) is 5.22 Å². The predicted octanol–water partition coefficient (Wildman–Crippen LogP) is 2.82. The summed E-state index contributed by atoms with van der Waals surface area (Å²) >= 11 is 2.52. The number of aryl methyl sites for hydroxylation is 1. The van der Waals surface area contributed by atoms with Crippen molar-refractivity contribution in [1.82, 2.24) is 20.4 Å². The minimum absolute atomic E-state index is 0.138. The first-order valence-corrected chi connectivity index (χ1v) is 10.2. The Balaban J connectivity index is 1.53. The summed E-state index contributed by atoms with van der Waals surface area (Å²) in [6.45, 7) is 1.98. The van der Waals surface area contributed by atoms with Gasteiger partial charge in [-0.1, -0.05) is 36.1 Å². The molecule has 0 spiro atoms. The van der Waals surface area contributed by atoms with Crippen LogP contribution in [0.2, 0.25) is 0 Å². The van der Waals surface area contributed by atoms with Crippen molar-refractivity contribution in [2.45, 2.75) is 25.0 Å². The van der Waals surface area contributed by atoms with Crippen LogP contribution in [0, 0.1) is 0 Å². The second kappa shape index (κ2) is 9.51. The van der Waals surface area contributed by atoms with Crippen molar-refractivity contribution in [3.63, 3.8) is 0 Å². The molecular formula is C17H19N5O4S2. The quantitative estimate of drug-likeness (QED) is 0.521. The number of anilines is 1. The van der Waals surface area contributed by atoms with Crippen LogP contribution in [0.5, 0.6) is 11.5 Å². The summed E-state index contributed by atoms with van der Waals surface area (Å²) in [5, 5.41) is 20.3. The molecular weight excluding hydrogens is 402 g/mol. The standard InChI is InChI=1S/C17H19N5O4S2/c1-4-15-20-21-16(28-15)18-13(23)9-27-17-22-19-14(26-17)8-10-5-6-11(24-2)12(7-10)25-3/h5-7H,4,8-9H2,1-3H3,(H,18,21,23). The molecule has 0 saturated heterocycles. The molecule has 1 aromatic carbocycles. The molecule has 9 nitrogen and oxygen atoms in total. The summed E-state index contributed by atoms with van der Waals surface area (Å²) in [6, 6.07) is 5.58. The smallest absolute Gasteiger partial charge is 0.277 e.